The van der Waals surface area contributed by atoms with Crippen molar-refractivity contribution in [2.24, 2.45) is 0 Å². The Labute approximate surface area is 146 Å². The van der Waals surface area contributed by atoms with E-state index in [2.05, 4.69) is 29.8 Å². The Hall–Kier alpha value is -1.82. The third kappa shape index (κ3) is 2.87. The zero-order valence-corrected chi connectivity index (χ0v) is 14.5. The van der Waals surface area contributed by atoms with Crippen LogP contribution < -0.4 is 20.5 Å². The minimum Gasteiger partial charge on any atom is -0.495 e. The van der Waals surface area contributed by atoms with Crippen molar-refractivity contribution in [3.05, 3.63) is 59.1 Å². The molecule has 0 unspecified atom stereocenters. The van der Waals surface area contributed by atoms with Crippen molar-refractivity contribution < 1.29 is 4.74 Å². The molecule has 0 bridgehead atoms. The Kier molecular flexibility index (Phi) is 4.43. The number of nitrogens with zero attached hydrogens (tertiary/aromatic N) is 1. The van der Waals surface area contributed by atoms with Crippen molar-refractivity contribution >= 4 is 34.6 Å². The highest BCUT2D eigenvalue weighted by atomic mass is 35.5. The Bertz CT molecular complexity index is 725. The zero-order valence-electron chi connectivity index (χ0n) is 13.0. The summed E-state index contributed by atoms with van der Waals surface area (Å²) in [6.07, 6.45) is 0.816. The van der Waals surface area contributed by atoms with Crippen molar-refractivity contribution in [1.82, 2.24) is 10.7 Å². The largest absolute Gasteiger partial charge is 0.495 e. The summed E-state index contributed by atoms with van der Waals surface area (Å²) in [7, 11) is 1.63. The Morgan fingerprint density at radius 2 is 1.96 bits per heavy atom. The van der Waals surface area contributed by atoms with E-state index in [-0.39, 0.29) is 0 Å². The molecule has 0 saturated carbocycles. The van der Waals surface area contributed by atoms with E-state index < -0.39 is 5.66 Å². The smallest absolute Gasteiger partial charge is 0.190 e. The van der Waals surface area contributed by atoms with Gasteiger partial charge in [-0.3, -0.25) is 0 Å². The molecule has 23 heavy (non-hydrogen) atoms. The molecule has 0 spiro atoms. The van der Waals surface area contributed by atoms with Crippen LogP contribution in [0.5, 0.6) is 5.75 Å². The van der Waals surface area contributed by atoms with Crippen LogP contribution in [0.4, 0.5) is 5.69 Å². The van der Waals surface area contributed by atoms with Gasteiger partial charge in [-0.05, 0) is 42.4 Å². The second-order valence-electron chi connectivity index (χ2n) is 5.32. The quantitative estimate of drug-likeness (QED) is 0.822. The molecule has 6 heteroatoms. The van der Waals surface area contributed by atoms with E-state index in [1.165, 1.54) is 0 Å². The lowest BCUT2D eigenvalue weighted by Gasteiger charge is -2.29. The number of anilines is 1. The number of thiocarbonyl (C=S) groups is 1. The molecule has 3 rings (SSSR count). The normalized spacial score (nSPS) is 20.5. The molecule has 1 saturated heterocycles. The van der Waals surface area contributed by atoms with E-state index in [1.54, 1.807) is 13.2 Å². The lowest BCUT2D eigenvalue weighted by atomic mass is 9.98. The Morgan fingerprint density at radius 1 is 1.22 bits per heavy atom. The average molecular weight is 348 g/mol. The summed E-state index contributed by atoms with van der Waals surface area (Å²) in [6, 6.07) is 15.6. The van der Waals surface area contributed by atoms with Gasteiger partial charge in [-0.1, -0.05) is 48.9 Å². The lowest BCUT2D eigenvalue weighted by molar-refractivity contribution is 0.335. The molecule has 1 atom stereocenters. The van der Waals surface area contributed by atoms with Gasteiger partial charge in [-0.15, -0.1) is 0 Å². The number of benzene rings is 2. The van der Waals surface area contributed by atoms with Crippen LogP contribution in [-0.2, 0) is 5.66 Å². The fourth-order valence-electron chi connectivity index (χ4n) is 2.75. The standard InChI is InChI=1S/C17H18ClN3OS/c1-3-17(12-7-5-4-6-8-12)19-16(23)21(20-17)14-11-13(18)9-10-15(14)22-2/h4-11,20H,3H2,1-2H3,(H,19,23)/t17-/m1/s1. The van der Waals surface area contributed by atoms with Crippen LogP contribution in [0.15, 0.2) is 48.5 Å². The maximum absolute atomic E-state index is 6.15. The Balaban J connectivity index is 2.01. The molecule has 2 aromatic carbocycles. The fourth-order valence-corrected chi connectivity index (χ4v) is 3.23. The predicted octanol–water partition coefficient (Wildman–Crippen LogP) is 3.81. The first-order valence-electron chi connectivity index (χ1n) is 7.39. The summed E-state index contributed by atoms with van der Waals surface area (Å²) < 4.78 is 5.44. The topological polar surface area (TPSA) is 36.5 Å². The van der Waals surface area contributed by atoms with Crippen molar-refractivity contribution in [3.8, 4) is 5.75 Å². The molecule has 0 amide bonds. The van der Waals surface area contributed by atoms with Crippen LogP contribution in [-0.4, -0.2) is 12.2 Å². The predicted molar refractivity (Wildman–Crippen MR) is 97.8 cm³/mol. The SMILES string of the molecule is CC[C@@]1(c2ccccc2)NC(=S)N(c2cc(Cl)ccc2OC)N1. The molecule has 0 radical (unpaired) electrons. The van der Waals surface area contributed by atoms with E-state index in [4.69, 9.17) is 28.6 Å². The van der Waals surface area contributed by atoms with Gasteiger partial charge in [0, 0.05) is 5.02 Å². The summed E-state index contributed by atoms with van der Waals surface area (Å²) in [4.78, 5) is 0. The second kappa shape index (κ2) is 6.35. The fraction of sp³-hybridized carbons (Fsp3) is 0.235. The molecule has 0 aromatic heterocycles. The maximum Gasteiger partial charge on any atom is 0.190 e. The van der Waals surface area contributed by atoms with Crippen molar-refractivity contribution in [2.75, 3.05) is 12.1 Å². The minimum absolute atomic E-state index is 0.453. The van der Waals surface area contributed by atoms with Gasteiger partial charge in [0.05, 0.1) is 7.11 Å². The molecule has 1 aliphatic heterocycles. The van der Waals surface area contributed by atoms with Crippen LogP contribution in [0.2, 0.25) is 5.02 Å². The average Bonchev–Trinajstić information content (AvgIpc) is 2.93. The van der Waals surface area contributed by atoms with E-state index in [0.29, 0.717) is 15.9 Å². The number of hydrogen-bond donors (Lipinski definition) is 2. The monoisotopic (exact) mass is 347 g/mol. The van der Waals surface area contributed by atoms with Crippen LogP contribution in [0.3, 0.4) is 0 Å². The van der Waals surface area contributed by atoms with Gasteiger partial charge in [0.2, 0.25) is 0 Å². The molecule has 1 heterocycles. The number of hydrazine groups is 1. The van der Waals surface area contributed by atoms with Gasteiger partial charge in [-0.2, -0.15) is 5.43 Å². The molecule has 120 valence electrons. The van der Waals surface area contributed by atoms with Gasteiger partial charge < -0.3 is 10.1 Å². The van der Waals surface area contributed by atoms with Crippen LogP contribution >= 0.6 is 23.8 Å². The molecule has 1 fully saturated rings. The minimum atomic E-state index is -0.453. The molecular formula is C17H18ClN3OS. The van der Waals surface area contributed by atoms with Crippen LogP contribution in [0.1, 0.15) is 18.9 Å². The molecular weight excluding hydrogens is 330 g/mol. The lowest BCUT2D eigenvalue weighted by Crippen LogP contribution is -2.48. The van der Waals surface area contributed by atoms with Crippen molar-refractivity contribution in [2.45, 2.75) is 19.0 Å². The zero-order chi connectivity index (χ0) is 16.4. The van der Waals surface area contributed by atoms with Gasteiger partial charge in [0.25, 0.3) is 0 Å². The van der Waals surface area contributed by atoms with Crippen LogP contribution in [0, 0.1) is 0 Å². The number of nitrogens with one attached hydrogen (secondary N) is 2. The third-order valence-electron chi connectivity index (χ3n) is 4.00. The van der Waals surface area contributed by atoms with E-state index in [1.807, 2.05) is 35.3 Å². The number of ether oxygens (including phenoxy) is 1. The summed E-state index contributed by atoms with van der Waals surface area (Å²) in [6.45, 7) is 2.11. The number of methoxy groups -OCH3 is 1. The number of halogens is 1. The first kappa shape index (κ1) is 16.1. The highest BCUT2D eigenvalue weighted by Crippen LogP contribution is 2.35. The highest BCUT2D eigenvalue weighted by Gasteiger charge is 2.41. The molecule has 4 nitrogen and oxygen atoms in total. The summed E-state index contributed by atoms with van der Waals surface area (Å²) >= 11 is 11.7. The van der Waals surface area contributed by atoms with E-state index in [0.717, 1.165) is 17.7 Å². The van der Waals surface area contributed by atoms with Gasteiger partial charge >= 0.3 is 0 Å². The van der Waals surface area contributed by atoms with E-state index >= 15 is 0 Å². The first-order chi connectivity index (χ1) is 11.1. The summed E-state index contributed by atoms with van der Waals surface area (Å²) in [5.74, 6) is 0.700. The molecule has 2 N–H and O–H groups in total. The van der Waals surface area contributed by atoms with Crippen molar-refractivity contribution in [1.29, 1.82) is 0 Å². The van der Waals surface area contributed by atoms with Gasteiger partial charge in [0.15, 0.2) is 5.11 Å². The van der Waals surface area contributed by atoms with E-state index in [9.17, 15) is 0 Å². The molecule has 1 aliphatic rings. The highest BCUT2D eigenvalue weighted by molar-refractivity contribution is 7.80. The number of hydrogen-bond acceptors (Lipinski definition) is 3. The van der Waals surface area contributed by atoms with Gasteiger partial charge in [0.1, 0.15) is 17.1 Å². The molecule has 0 aliphatic carbocycles. The van der Waals surface area contributed by atoms with Crippen LogP contribution in [0.25, 0.3) is 0 Å². The summed E-state index contributed by atoms with van der Waals surface area (Å²) in [5, 5.41) is 6.42. The maximum atomic E-state index is 6.15. The van der Waals surface area contributed by atoms with Gasteiger partial charge in [-0.25, -0.2) is 5.01 Å². The Morgan fingerprint density at radius 3 is 2.61 bits per heavy atom. The molecule has 2 aromatic rings. The summed E-state index contributed by atoms with van der Waals surface area (Å²) in [5.41, 5.74) is 4.93. The number of rotatable bonds is 4. The second-order valence-corrected chi connectivity index (χ2v) is 6.14. The first-order valence-corrected chi connectivity index (χ1v) is 8.17. The van der Waals surface area contributed by atoms with Crippen molar-refractivity contribution in [3.63, 3.8) is 0 Å². The third-order valence-corrected chi connectivity index (χ3v) is 4.52.